The fourth-order valence-electron chi connectivity index (χ4n) is 3.32. The second-order valence-corrected chi connectivity index (χ2v) is 7.13. The average Bonchev–Trinajstić information content (AvgIpc) is 2.75. The van der Waals surface area contributed by atoms with Crippen molar-refractivity contribution in [3.63, 3.8) is 0 Å². The van der Waals surface area contributed by atoms with Crippen molar-refractivity contribution in [2.75, 3.05) is 0 Å². The maximum Gasteiger partial charge on any atom is 0.314 e. The van der Waals surface area contributed by atoms with Gasteiger partial charge in [0.25, 0.3) is 0 Å². The van der Waals surface area contributed by atoms with Gasteiger partial charge in [-0.2, -0.15) is 0 Å². The summed E-state index contributed by atoms with van der Waals surface area (Å²) in [5.74, 6) is -1.26. The molecule has 0 bridgehead atoms. The summed E-state index contributed by atoms with van der Waals surface area (Å²) in [6, 6.07) is 0. The second kappa shape index (κ2) is 6.89. The molecule has 23 heavy (non-hydrogen) atoms. The Morgan fingerprint density at radius 3 is 2.61 bits per heavy atom. The summed E-state index contributed by atoms with van der Waals surface area (Å²) >= 11 is 0. The van der Waals surface area contributed by atoms with Crippen molar-refractivity contribution < 1.29 is 29.6 Å². The van der Waals surface area contributed by atoms with Crippen molar-refractivity contribution in [2.45, 2.75) is 76.7 Å². The summed E-state index contributed by atoms with van der Waals surface area (Å²) in [5.41, 5.74) is -0.735. The first-order valence-electron chi connectivity index (χ1n) is 8.29. The highest BCUT2D eigenvalue weighted by molar-refractivity contribution is 5.76. The summed E-state index contributed by atoms with van der Waals surface area (Å²) < 4.78 is 10.9. The largest absolute Gasteiger partial charge is 0.460 e. The van der Waals surface area contributed by atoms with E-state index in [1.165, 1.54) is 0 Å². The third-order valence-electron chi connectivity index (χ3n) is 4.91. The number of hydrogen-bond acceptors (Lipinski definition) is 6. The molecule has 6 nitrogen and oxygen atoms in total. The van der Waals surface area contributed by atoms with E-state index in [4.69, 9.17) is 9.47 Å². The molecule has 0 aromatic rings. The Hall–Kier alpha value is -0.950. The molecular formula is C17H28O6. The zero-order valence-corrected chi connectivity index (χ0v) is 14.2. The molecule has 132 valence electrons. The van der Waals surface area contributed by atoms with E-state index in [0.717, 1.165) is 0 Å². The van der Waals surface area contributed by atoms with Crippen LogP contribution in [0, 0.1) is 11.8 Å². The third-order valence-corrected chi connectivity index (χ3v) is 4.91. The molecule has 0 radical (unpaired) electrons. The van der Waals surface area contributed by atoms with Gasteiger partial charge in [0.1, 0.15) is 30.3 Å². The lowest BCUT2D eigenvalue weighted by Gasteiger charge is -2.37. The Labute approximate surface area is 137 Å². The van der Waals surface area contributed by atoms with E-state index < -0.39 is 48.0 Å². The van der Waals surface area contributed by atoms with Crippen molar-refractivity contribution >= 4 is 5.97 Å². The predicted octanol–water partition coefficient (Wildman–Crippen LogP) is 0.780. The normalized spacial score (nSPS) is 41.4. The molecule has 3 N–H and O–H groups in total. The van der Waals surface area contributed by atoms with Gasteiger partial charge in [0.05, 0.1) is 11.7 Å². The van der Waals surface area contributed by atoms with Gasteiger partial charge in [-0.15, -0.1) is 0 Å². The maximum atomic E-state index is 11.7. The molecule has 2 saturated heterocycles. The van der Waals surface area contributed by atoms with Crippen LogP contribution in [0.2, 0.25) is 0 Å². The Morgan fingerprint density at radius 1 is 1.35 bits per heavy atom. The number of aliphatic hydroxyl groups is 3. The van der Waals surface area contributed by atoms with E-state index in [2.05, 4.69) is 0 Å². The topological polar surface area (TPSA) is 96.2 Å². The van der Waals surface area contributed by atoms with Crippen molar-refractivity contribution in [2.24, 2.45) is 11.8 Å². The van der Waals surface area contributed by atoms with Crippen LogP contribution in [0.15, 0.2) is 12.2 Å². The summed E-state index contributed by atoms with van der Waals surface area (Å²) in [7, 11) is 0. The van der Waals surface area contributed by atoms with Crippen LogP contribution in [0.1, 0.15) is 40.5 Å². The van der Waals surface area contributed by atoms with Crippen LogP contribution in [0.5, 0.6) is 0 Å². The monoisotopic (exact) mass is 328 g/mol. The number of esters is 1. The second-order valence-electron chi connectivity index (χ2n) is 7.13. The summed E-state index contributed by atoms with van der Waals surface area (Å²) in [5, 5.41) is 30.5. The number of cyclic esters (lactones) is 1. The molecule has 2 fully saturated rings. The Morgan fingerprint density at radius 2 is 2.00 bits per heavy atom. The standard InChI is InChI=1S/C17H28O6/c1-5-17(4,21)8-9(2)6-7-11-13(18)14(19)12-15(23-11)10(3)22-16(12)20/h6-7,9-15,18-19,21H,5,8H2,1-4H3/b7-6-/t9?,10-,11-,12+,13-,14-,15+,17?/m0/s1. The van der Waals surface area contributed by atoms with Gasteiger partial charge >= 0.3 is 5.97 Å². The molecule has 0 spiro atoms. The SMILES string of the molecule is CCC(C)(O)CC(C)/C=C\[C@@H]1O[C@H]2[C@H](C(=O)O[C@H]2C)[C@H](O)[C@H]1O. The zero-order chi connectivity index (χ0) is 17.4. The predicted molar refractivity (Wildman–Crippen MR) is 83.6 cm³/mol. The number of ether oxygens (including phenoxy) is 2. The zero-order valence-electron chi connectivity index (χ0n) is 14.2. The van der Waals surface area contributed by atoms with Crippen LogP contribution in [0.3, 0.4) is 0 Å². The molecule has 0 aromatic carbocycles. The Kier molecular flexibility index (Phi) is 5.51. The first kappa shape index (κ1) is 18.4. The highest BCUT2D eigenvalue weighted by atomic mass is 16.6. The lowest BCUT2D eigenvalue weighted by atomic mass is 9.85. The highest BCUT2D eigenvalue weighted by Crippen LogP contribution is 2.35. The summed E-state index contributed by atoms with van der Waals surface area (Å²) in [6.45, 7) is 7.41. The lowest BCUT2D eigenvalue weighted by molar-refractivity contribution is -0.180. The smallest absolute Gasteiger partial charge is 0.314 e. The molecular weight excluding hydrogens is 300 g/mol. The number of hydrogen-bond donors (Lipinski definition) is 3. The lowest BCUT2D eigenvalue weighted by Crippen LogP contribution is -2.55. The van der Waals surface area contributed by atoms with Crippen LogP contribution in [-0.2, 0) is 14.3 Å². The van der Waals surface area contributed by atoms with Gasteiger partial charge in [-0.3, -0.25) is 4.79 Å². The van der Waals surface area contributed by atoms with Crippen LogP contribution in [-0.4, -0.2) is 57.4 Å². The molecule has 2 rings (SSSR count). The van der Waals surface area contributed by atoms with E-state index in [1.807, 2.05) is 19.9 Å². The maximum absolute atomic E-state index is 11.7. The first-order valence-corrected chi connectivity index (χ1v) is 8.29. The summed E-state index contributed by atoms with van der Waals surface area (Å²) in [6.07, 6.45) is 0.760. The Balaban J connectivity index is 2.03. The van der Waals surface area contributed by atoms with E-state index in [0.29, 0.717) is 12.8 Å². The van der Waals surface area contributed by atoms with E-state index in [9.17, 15) is 20.1 Å². The van der Waals surface area contributed by atoms with Gasteiger partial charge in [-0.25, -0.2) is 0 Å². The molecule has 6 heteroatoms. The first-order chi connectivity index (χ1) is 10.7. The molecule has 8 atom stereocenters. The van der Waals surface area contributed by atoms with Crippen LogP contribution < -0.4 is 0 Å². The molecule has 2 unspecified atom stereocenters. The molecule has 0 saturated carbocycles. The Bertz CT molecular complexity index is 460. The number of aliphatic hydroxyl groups excluding tert-OH is 2. The van der Waals surface area contributed by atoms with Crippen LogP contribution >= 0.6 is 0 Å². The number of carbonyl (C=O) groups is 1. The van der Waals surface area contributed by atoms with Crippen molar-refractivity contribution in [1.82, 2.24) is 0 Å². The third kappa shape index (κ3) is 3.94. The van der Waals surface area contributed by atoms with E-state index >= 15 is 0 Å². The number of rotatable bonds is 5. The minimum Gasteiger partial charge on any atom is -0.460 e. The van der Waals surface area contributed by atoms with Crippen LogP contribution in [0.25, 0.3) is 0 Å². The van der Waals surface area contributed by atoms with Crippen molar-refractivity contribution in [3.8, 4) is 0 Å². The van der Waals surface area contributed by atoms with Crippen molar-refractivity contribution in [1.29, 1.82) is 0 Å². The van der Waals surface area contributed by atoms with E-state index in [1.54, 1.807) is 19.9 Å². The minimum absolute atomic E-state index is 0.0921. The fraction of sp³-hybridized carbons (Fsp3) is 0.824. The minimum atomic E-state index is -1.20. The average molecular weight is 328 g/mol. The molecule has 2 heterocycles. The number of fused-ring (bicyclic) bond motifs is 1. The van der Waals surface area contributed by atoms with Gasteiger partial charge in [0.2, 0.25) is 0 Å². The van der Waals surface area contributed by atoms with Gasteiger partial charge < -0.3 is 24.8 Å². The molecule has 2 aliphatic heterocycles. The quantitative estimate of drug-likeness (QED) is 0.510. The molecule has 0 amide bonds. The molecule has 2 aliphatic rings. The van der Waals surface area contributed by atoms with Gasteiger partial charge in [-0.1, -0.05) is 26.0 Å². The van der Waals surface area contributed by atoms with Gasteiger partial charge in [0, 0.05) is 0 Å². The number of carbonyl (C=O) groups excluding carboxylic acids is 1. The molecule has 0 aromatic heterocycles. The summed E-state index contributed by atoms with van der Waals surface area (Å²) in [4.78, 5) is 11.7. The fourth-order valence-corrected chi connectivity index (χ4v) is 3.32. The molecule has 0 aliphatic carbocycles. The van der Waals surface area contributed by atoms with Crippen LogP contribution in [0.4, 0.5) is 0 Å². The van der Waals surface area contributed by atoms with E-state index in [-0.39, 0.29) is 5.92 Å². The number of allylic oxidation sites excluding steroid dienone is 1. The highest BCUT2D eigenvalue weighted by Gasteiger charge is 2.54. The van der Waals surface area contributed by atoms with Gasteiger partial charge in [0.15, 0.2) is 0 Å². The van der Waals surface area contributed by atoms with Gasteiger partial charge in [-0.05, 0) is 32.6 Å². The van der Waals surface area contributed by atoms with Crippen molar-refractivity contribution in [3.05, 3.63) is 12.2 Å².